The second kappa shape index (κ2) is 5.00. The van der Waals surface area contributed by atoms with Gasteiger partial charge >= 0.3 is 6.18 Å². The van der Waals surface area contributed by atoms with E-state index >= 15 is 0 Å². The Bertz CT molecular complexity index is 407. The first-order chi connectivity index (χ1) is 8.50. The van der Waals surface area contributed by atoms with Crippen LogP contribution in [0.25, 0.3) is 0 Å². The normalized spacial score (nSPS) is 17.3. The summed E-state index contributed by atoms with van der Waals surface area (Å²) in [4.78, 5) is 10.5. The highest BCUT2D eigenvalue weighted by Crippen LogP contribution is 2.36. The standard InChI is InChI=1S/C13H13F3O2/c14-13(15,16)10-3-5-11(6-4-10)18-12(7-8-17)9-1-2-9/h3-6,8-9,12H,1-2,7H2. The fourth-order valence-electron chi connectivity index (χ4n) is 1.80. The number of rotatable bonds is 5. The molecule has 0 amide bonds. The van der Waals surface area contributed by atoms with E-state index in [9.17, 15) is 18.0 Å². The van der Waals surface area contributed by atoms with Crippen molar-refractivity contribution in [2.24, 2.45) is 5.92 Å². The molecule has 1 aromatic carbocycles. The predicted molar refractivity (Wildman–Crippen MR) is 59.3 cm³/mol. The molecule has 1 saturated carbocycles. The third-order valence-electron chi connectivity index (χ3n) is 2.95. The smallest absolute Gasteiger partial charge is 0.416 e. The first kappa shape index (κ1) is 12.9. The lowest BCUT2D eigenvalue weighted by molar-refractivity contribution is -0.137. The number of carbonyl (C=O) groups excluding carboxylic acids is 1. The Morgan fingerprint density at radius 2 is 1.89 bits per heavy atom. The number of alkyl halides is 3. The molecule has 0 radical (unpaired) electrons. The molecule has 1 aromatic rings. The lowest BCUT2D eigenvalue weighted by Crippen LogP contribution is -2.19. The number of ether oxygens (including phenoxy) is 1. The van der Waals surface area contributed by atoms with Gasteiger partial charge in [0.1, 0.15) is 18.1 Å². The molecular weight excluding hydrogens is 245 g/mol. The summed E-state index contributed by atoms with van der Waals surface area (Å²) in [6.45, 7) is 0. The Labute approximate surface area is 103 Å². The molecule has 2 nitrogen and oxygen atoms in total. The summed E-state index contributed by atoms with van der Waals surface area (Å²) in [6, 6.07) is 4.56. The molecule has 0 heterocycles. The molecule has 0 bridgehead atoms. The van der Waals surface area contributed by atoms with Gasteiger partial charge in [-0.2, -0.15) is 13.2 Å². The highest BCUT2D eigenvalue weighted by atomic mass is 19.4. The molecule has 0 aromatic heterocycles. The van der Waals surface area contributed by atoms with Crippen LogP contribution in [0.4, 0.5) is 13.2 Å². The largest absolute Gasteiger partial charge is 0.490 e. The average molecular weight is 258 g/mol. The maximum absolute atomic E-state index is 12.4. The van der Waals surface area contributed by atoms with Crippen molar-refractivity contribution < 1.29 is 22.7 Å². The number of carbonyl (C=O) groups is 1. The van der Waals surface area contributed by atoms with Crippen LogP contribution in [0.1, 0.15) is 24.8 Å². The number of benzene rings is 1. The van der Waals surface area contributed by atoms with Crippen molar-refractivity contribution in [1.82, 2.24) is 0 Å². The van der Waals surface area contributed by atoms with Crippen LogP contribution in [-0.4, -0.2) is 12.4 Å². The van der Waals surface area contributed by atoms with Gasteiger partial charge in [0.15, 0.2) is 0 Å². The quantitative estimate of drug-likeness (QED) is 0.756. The van der Waals surface area contributed by atoms with Crippen molar-refractivity contribution in [3.05, 3.63) is 29.8 Å². The molecule has 1 fully saturated rings. The van der Waals surface area contributed by atoms with Gasteiger partial charge in [-0.05, 0) is 43.0 Å². The zero-order valence-electron chi connectivity index (χ0n) is 9.61. The van der Waals surface area contributed by atoms with E-state index < -0.39 is 11.7 Å². The van der Waals surface area contributed by atoms with E-state index in [0.29, 0.717) is 11.7 Å². The number of hydrogen-bond acceptors (Lipinski definition) is 2. The zero-order chi connectivity index (χ0) is 13.2. The van der Waals surface area contributed by atoms with Gasteiger partial charge in [-0.1, -0.05) is 0 Å². The fourth-order valence-corrected chi connectivity index (χ4v) is 1.80. The molecule has 98 valence electrons. The molecule has 2 rings (SSSR count). The van der Waals surface area contributed by atoms with Crippen molar-refractivity contribution in [3.8, 4) is 5.75 Å². The summed E-state index contributed by atoms with van der Waals surface area (Å²) < 4.78 is 42.6. The highest BCUT2D eigenvalue weighted by Gasteiger charge is 2.33. The summed E-state index contributed by atoms with van der Waals surface area (Å²) in [6.07, 6.45) is -1.45. The van der Waals surface area contributed by atoms with Crippen molar-refractivity contribution in [2.75, 3.05) is 0 Å². The van der Waals surface area contributed by atoms with Gasteiger partial charge in [0.2, 0.25) is 0 Å². The van der Waals surface area contributed by atoms with Gasteiger partial charge in [0.05, 0.1) is 5.56 Å². The van der Waals surface area contributed by atoms with E-state index in [1.807, 2.05) is 0 Å². The summed E-state index contributed by atoms with van der Waals surface area (Å²) in [5.41, 5.74) is -0.701. The Morgan fingerprint density at radius 3 is 2.33 bits per heavy atom. The van der Waals surface area contributed by atoms with Crippen LogP contribution in [0.2, 0.25) is 0 Å². The number of halogens is 3. The maximum Gasteiger partial charge on any atom is 0.416 e. The summed E-state index contributed by atoms with van der Waals surface area (Å²) >= 11 is 0. The molecule has 18 heavy (non-hydrogen) atoms. The average Bonchev–Trinajstić information content (AvgIpc) is 3.12. The Kier molecular flexibility index (Phi) is 3.59. The van der Waals surface area contributed by atoms with E-state index in [4.69, 9.17) is 4.74 Å². The van der Waals surface area contributed by atoms with Gasteiger partial charge < -0.3 is 9.53 Å². The Balaban J connectivity index is 2.02. The number of hydrogen-bond donors (Lipinski definition) is 0. The third kappa shape index (κ3) is 3.24. The molecular formula is C13H13F3O2. The molecule has 0 aliphatic heterocycles. The first-order valence-corrected chi connectivity index (χ1v) is 5.78. The highest BCUT2D eigenvalue weighted by molar-refractivity contribution is 5.50. The molecule has 0 saturated heterocycles. The minimum Gasteiger partial charge on any atom is -0.490 e. The van der Waals surface area contributed by atoms with Crippen LogP contribution in [0.3, 0.4) is 0 Å². The molecule has 1 atom stereocenters. The first-order valence-electron chi connectivity index (χ1n) is 5.78. The Hall–Kier alpha value is -1.52. The van der Waals surface area contributed by atoms with Crippen molar-refractivity contribution in [1.29, 1.82) is 0 Å². The monoisotopic (exact) mass is 258 g/mol. The van der Waals surface area contributed by atoms with Crippen LogP contribution < -0.4 is 4.74 Å². The van der Waals surface area contributed by atoms with Gasteiger partial charge in [0, 0.05) is 6.42 Å². The lowest BCUT2D eigenvalue weighted by Gasteiger charge is -2.16. The molecule has 5 heteroatoms. The molecule has 0 N–H and O–H groups in total. The summed E-state index contributed by atoms with van der Waals surface area (Å²) in [7, 11) is 0. The third-order valence-corrected chi connectivity index (χ3v) is 2.95. The van der Waals surface area contributed by atoms with E-state index in [0.717, 1.165) is 31.3 Å². The van der Waals surface area contributed by atoms with Crippen LogP contribution in [0, 0.1) is 5.92 Å². The van der Waals surface area contributed by atoms with Crippen LogP contribution >= 0.6 is 0 Å². The van der Waals surface area contributed by atoms with E-state index in [2.05, 4.69) is 0 Å². The van der Waals surface area contributed by atoms with E-state index in [1.165, 1.54) is 12.1 Å². The van der Waals surface area contributed by atoms with E-state index in [-0.39, 0.29) is 12.5 Å². The van der Waals surface area contributed by atoms with Crippen LogP contribution in [0.5, 0.6) is 5.75 Å². The fraction of sp³-hybridized carbons (Fsp3) is 0.462. The van der Waals surface area contributed by atoms with Crippen LogP contribution in [0.15, 0.2) is 24.3 Å². The van der Waals surface area contributed by atoms with Crippen LogP contribution in [-0.2, 0) is 11.0 Å². The maximum atomic E-state index is 12.4. The van der Waals surface area contributed by atoms with Crippen molar-refractivity contribution in [3.63, 3.8) is 0 Å². The summed E-state index contributed by atoms with van der Waals surface area (Å²) in [5, 5.41) is 0. The molecule has 0 spiro atoms. The topological polar surface area (TPSA) is 26.3 Å². The second-order valence-corrected chi connectivity index (χ2v) is 4.42. The van der Waals surface area contributed by atoms with Gasteiger partial charge in [-0.3, -0.25) is 0 Å². The molecule has 1 aliphatic carbocycles. The summed E-state index contributed by atoms with van der Waals surface area (Å²) in [5.74, 6) is 0.735. The predicted octanol–water partition coefficient (Wildman–Crippen LogP) is 3.45. The minimum absolute atomic E-state index is 0.209. The number of aldehydes is 1. The molecule has 1 unspecified atom stereocenters. The van der Waals surface area contributed by atoms with Gasteiger partial charge in [0.25, 0.3) is 0 Å². The second-order valence-electron chi connectivity index (χ2n) is 4.42. The minimum atomic E-state index is -4.34. The van der Waals surface area contributed by atoms with Gasteiger partial charge in [-0.15, -0.1) is 0 Å². The Morgan fingerprint density at radius 1 is 1.28 bits per heavy atom. The van der Waals surface area contributed by atoms with E-state index in [1.54, 1.807) is 0 Å². The zero-order valence-corrected chi connectivity index (χ0v) is 9.61. The van der Waals surface area contributed by atoms with Crippen molar-refractivity contribution in [2.45, 2.75) is 31.5 Å². The molecule has 1 aliphatic rings. The lowest BCUT2D eigenvalue weighted by atomic mass is 10.1. The SMILES string of the molecule is O=CCC(Oc1ccc(C(F)(F)F)cc1)C1CC1. The van der Waals surface area contributed by atoms with Gasteiger partial charge in [-0.25, -0.2) is 0 Å². The van der Waals surface area contributed by atoms with Crippen molar-refractivity contribution >= 4 is 6.29 Å².